The Kier molecular flexibility index (Phi) is 5.97. The van der Waals surface area contributed by atoms with Crippen molar-refractivity contribution in [2.45, 2.75) is 25.1 Å². The molecule has 1 saturated heterocycles. The molecule has 1 aromatic carbocycles. The first-order chi connectivity index (χ1) is 10.9. The van der Waals surface area contributed by atoms with Crippen LogP contribution in [0, 0.1) is 0 Å². The van der Waals surface area contributed by atoms with Gasteiger partial charge in [0.05, 0.1) is 5.56 Å². The van der Waals surface area contributed by atoms with Gasteiger partial charge in [0.1, 0.15) is 0 Å². The summed E-state index contributed by atoms with van der Waals surface area (Å²) < 4.78 is 38.6. The predicted molar refractivity (Wildman–Crippen MR) is 80.2 cm³/mol. The summed E-state index contributed by atoms with van der Waals surface area (Å²) in [7, 11) is 0. The van der Waals surface area contributed by atoms with Crippen LogP contribution in [0.15, 0.2) is 24.3 Å². The number of carbonyl (C=O) groups is 1. The van der Waals surface area contributed by atoms with E-state index in [1.54, 1.807) is 6.07 Å². The number of nitrogens with zero attached hydrogens (tertiary/aromatic N) is 1. The number of nitrogens with two attached hydrogens (primary N) is 1. The number of benzene rings is 1. The summed E-state index contributed by atoms with van der Waals surface area (Å²) in [5.74, 6) is 4.80. The van der Waals surface area contributed by atoms with E-state index in [1.165, 1.54) is 12.1 Å². The summed E-state index contributed by atoms with van der Waals surface area (Å²) >= 11 is 0. The molecular formula is C15H21F3N4O. The number of alkyl halides is 3. The molecule has 0 radical (unpaired) electrons. The molecule has 0 bridgehead atoms. The molecule has 1 aliphatic rings. The van der Waals surface area contributed by atoms with Crippen LogP contribution in [0.5, 0.6) is 0 Å². The maximum Gasteiger partial charge on any atom is 0.416 e. The third-order valence-electron chi connectivity index (χ3n) is 3.96. The summed E-state index contributed by atoms with van der Waals surface area (Å²) in [4.78, 5) is 13.3. The smallest absolute Gasteiger partial charge is 0.314 e. The van der Waals surface area contributed by atoms with E-state index in [0.29, 0.717) is 31.5 Å². The minimum absolute atomic E-state index is 0.132. The fourth-order valence-electron chi connectivity index (χ4n) is 2.78. The lowest BCUT2D eigenvalue weighted by atomic mass is 10.00. The van der Waals surface area contributed by atoms with Crippen LogP contribution in [0.1, 0.15) is 30.0 Å². The van der Waals surface area contributed by atoms with Gasteiger partial charge in [0.2, 0.25) is 5.91 Å². The van der Waals surface area contributed by atoms with E-state index < -0.39 is 11.7 Å². The van der Waals surface area contributed by atoms with Crippen LogP contribution in [0.4, 0.5) is 13.2 Å². The second kappa shape index (κ2) is 7.76. The highest BCUT2D eigenvalue weighted by Gasteiger charge is 2.32. The van der Waals surface area contributed by atoms with Gasteiger partial charge in [-0.1, -0.05) is 12.1 Å². The average molecular weight is 330 g/mol. The topological polar surface area (TPSA) is 70.4 Å². The zero-order valence-electron chi connectivity index (χ0n) is 12.7. The van der Waals surface area contributed by atoms with Gasteiger partial charge in [-0.25, -0.2) is 5.84 Å². The lowest BCUT2D eigenvalue weighted by Crippen LogP contribution is -2.46. The molecule has 0 saturated carbocycles. The molecule has 1 unspecified atom stereocenters. The van der Waals surface area contributed by atoms with Gasteiger partial charge in [0, 0.05) is 32.1 Å². The quantitative estimate of drug-likeness (QED) is 0.434. The number of piperazine rings is 1. The molecule has 5 nitrogen and oxygen atoms in total. The predicted octanol–water partition coefficient (Wildman–Crippen LogP) is 1.42. The molecule has 23 heavy (non-hydrogen) atoms. The largest absolute Gasteiger partial charge is 0.416 e. The first-order valence-electron chi connectivity index (χ1n) is 7.53. The minimum Gasteiger partial charge on any atom is -0.314 e. The molecule has 1 atom stereocenters. The number of hydrazine groups is 1. The van der Waals surface area contributed by atoms with Gasteiger partial charge in [-0.05, 0) is 30.7 Å². The van der Waals surface area contributed by atoms with Crippen molar-refractivity contribution in [1.29, 1.82) is 0 Å². The normalized spacial score (nSPS) is 19.6. The highest BCUT2D eigenvalue weighted by Crippen LogP contribution is 2.32. The summed E-state index contributed by atoms with van der Waals surface area (Å²) in [6.45, 7) is 2.73. The molecule has 0 spiro atoms. The van der Waals surface area contributed by atoms with Crippen molar-refractivity contribution in [3.8, 4) is 0 Å². The number of hydrogen-bond acceptors (Lipinski definition) is 4. The van der Waals surface area contributed by atoms with Crippen molar-refractivity contribution in [2.24, 2.45) is 5.84 Å². The Morgan fingerprint density at radius 3 is 2.91 bits per heavy atom. The Labute approximate surface area is 133 Å². The van der Waals surface area contributed by atoms with Crippen molar-refractivity contribution in [1.82, 2.24) is 15.6 Å². The highest BCUT2D eigenvalue weighted by atomic mass is 19.4. The zero-order valence-corrected chi connectivity index (χ0v) is 12.7. The number of nitrogens with one attached hydrogen (secondary N) is 2. The molecular weight excluding hydrogens is 309 g/mol. The number of amides is 1. The highest BCUT2D eigenvalue weighted by molar-refractivity contribution is 5.75. The Morgan fingerprint density at radius 2 is 2.22 bits per heavy atom. The maximum atomic E-state index is 12.9. The van der Waals surface area contributed by atoms with E-state index in [1.807, 2.05) is 0 Å². The second-order valence-electron chi connectivity index (χ2n) is 5.55. The van der Waals surface area contributed by atoms with Gasteiger partial charge in [0.25, 0.3) is 0 Å². The first kappa shape index (κ1) is 17.7. The van der Waals surface area contributed by atoms with Gasteiger partial charge >= 0.3 is 6.18 Å². The molecule has 1 aromatic rings. The molecule has 8 heteroatoms. The van der Waals surface area contributed by atoms with Gasteiger partial charge in [-0.15, -0.1) is 0 Å². The van der Waals surface area contributed by atoms with Gasteiger partial charge in [-0.2, -0.15) is 13.2 Å². The van der Waals surface area contributed by atoms with E-state index >= 15 is 0 Å². The Bertz CT molecular complexity index is 536. The molecule has 1 fully saturated rings. The van der Waals surface area contributed by atoms with Gasteiger partial charge in [-0.3, -0.25) is 15.1 Å². The Balaban J connectivity index is 2.07. The number of rotatable bonds is 5. The molecule has 128 valence electrons. The SMILES string of the molecule is NNC(=O)CCCN1CCNCC1c1cccc(C(F)(F)F)c1. The molecule has 4 N–H and O–H groups in total. The number of carbonyl (C=O) groups excluding carboxylic acids is 1. The third-order valence-corrected chi connectivity index (χ3v) is 3.96. The van der Waals surface area contributed by atoms with E-state index in [4.69, 9.17) is 5.84 Å². The summed E-state index contributed by atoms with van der Waals surface area (Å²) in [6.07, 6.45) is -3.43. The second-order valence-corrected chi connectivity index (χ2v) is 5.55. The molecule has 1 heterocycles. The standard InChI is InChI=1S/C15H21F3N4O/c16-15(17,18)12-4-1-3-11(9-12)13-10-20-6-8-22(13)7-2-5-14(23)21-19/h1,3-4,9,13,20H,2,5-8,10,19H2,(H,21,23). The maximum absolute atomic E-state index is 12.9. The van der Waals surface area contributed by atoms with Crippen LogP contribution in [0.2, 0.25) is 0 Å². The number of halogens is 3. The van der Waals surface area contributed by atoms with Crippen LogP contribution in [-0.2, 0) is 11.0 Å². The monoisotopic (exact) mass is 330 g/mol. The van der Waals surface area contributed by atoms with Crippen molar-refractivity contribution < 1.29 is 18.0 Å². The van der Waals surface area contributed by atoms with Crippen LogP contribution in [0.3, 0.4) is 0 Å². The minimum atomic E-state index is -4.35. The first-order valence-corrected chi connectivity index (χ1v) is 7.53. The Morgan fingerprint density at radius 1 is 1.43 bits per heavy atom. The Hall–Kier alpha value is -1.64. The molecule has 0 aliphatic carbocycles. The van der Waals surface area contributed by atoms with E-state index in [2.05, 4.69) is 15.6 Å². The molecule has 1 amide bonds. The summed E-state index contributed by atoms with van der Waals surface area (Å²) in [5.41, 5.74) is 2.07. The summed E-state index contributed by atoms with van der Waals surface area (Å²) in [5, 5.41) is 3.21. The molecule has 1 aliphatic heterocycles. The zero-order chi connectivity index (χ0) is 16.9. The van der Waals surface area contributed by atoms with Crippen molar-refractivity contribution in [3.63, 3.8) is 0 Å². The molecule has 0 aromatic heterocycles. The van der Waals surface area contributed by atoms with E-state index in [9.17, 15) is 18.0 Å². The average Bonchev–Trinajstić information content (AvgIpc) is 2.54. The van der Waals surface area contributed by atoms with Crippen molar-refractivity contribution in [2.75, 3.05) is 26.2 Å². The fraction of sp³-hybridized carbons (Fsp3) is 0.533. The lowest BCUT2D eigenvalue weighted by molar-refractivity contribution is -0.137. The fourth-order valence-corrected chi connectivity index (χ4v) is 2.78. The van der Waals surface area contributed by atoms with Gasteiger partial charge in [0.15, 0.2) is 0 Å². The van der Waals surface area contributed by atoms with Crippen molar-refractivity contribution in [3.05, 3.63) is 35.4 Å². The lowest BCUT2D eigenvalue weighted by Gasteiger charge is -2.36. The summed E-state index contributed by atoms with van der Waals surface area (Å²) in [6, 6.07) is 5.30. The molecule has 2 rings (SSSR count). The van der Waals surface area contributed by atoms with Crippen molar-refractivity contribution >= 4 is 5.91 Å². The van der Waals surface area contributed by atoms with Crippen LogP contribution in [0.25, 0.3) is 0 Å². The number of hydrogen-bond donors (Lipinski definition) is 3. The third kappa shape index (κ3) is 4.92. The van der Waals surface area contributed by atoms with E-state index in [0.717, 1.165) is 19.2 Å². The van der Waals surface area contributed by atoms with Gasteiger partial charge < -0.3 is 5.32 Å². The van der Waals surface area contributed by atoms with E-state index in [-0.39, 0.29) is 11.9 Å². The van der Waals surface area contributed by atoms with Crippen LogP contribution in [-0.4, -0.2) is 37.0 Å². The van der Waals surface area contributed by atoms with Crippen LogP contribution < -0.4 is 16.6 Å². The van der Waals surface area contributed by atoms with Crippen LogP contribution >= 0.6 is 0 Å².